The molecule has 24 heavy (non-hydrogen) atoms. The first-order valence-electron chi connectivity index (χ1n) is 8.05. The maximum Gasteiger partial charge on any atom is 0.410 e. The molecule has 132 valence electrons. The number of carbonyl (C=O) groups excluding carboxylic acids is 1. The number of halogens is 2. The molecule has 0 bridgehead atoms. The van der Waals surface area contributed by atoms with Gasteiger partial charge < -0.3 is 19.5 Å². The van der Waals surface area contributed by atoms with Gasteiger partial charge in [0.25, 0.3) is 0 Å². The zero-order chi connectivity index (χ0) is 17.5. The Hall–Kier alpha value is -1.76. The maximum absolute atomic E-state index is 14.1. The lowest BCUT2D eigenvalue weighted by atomic mass is 10.1. The van der Waals surface area contributed by atoms with Crippen LogP contribution < -0.4 is 5.32 Å². The molecule has 0 aromatic carbocycles. The molecule has 6 nitrogen and oxygen atoms in total. The van der Waals surface area contributed by atoms with Crippen LogP contribution in [0.4, 0.5) is 15.0 Å². The molecule has 1 atom stereocenters. The third kappa shape index (κ3) is 3.50. The van der Waals surface area contributed by atoms with E-state index in [4.69, 9.17) is 16.3 Å². The van der Waals surface area contributed by atoms with E-state index in [1.54, 1.807) is 4.90 Å². The van der Waals surface area contributed by atoms with Crippen LogP contribution in [0.15, 0.2) is 11.2 Å². The predicted octanol–water partition coefficient (Wildman–Crippen LogP) is 3.25. The van der Waals surface area contributed by atoms with Crippen LogP contribution in [0, 0.1) is 11.7 Å². The average molecular weight is 357 g/mol. The average Bonchev–Trinajstić information content (AvgIpc) is 3.04. The summed E-state index contributed by atoms with van der Waals surface area (Å²) in [6.45, 7) is 7.76. The minimum absolute atomic E-state index is 0.196. The molecule has 1 saturated heterocycles. The molecular formula is C16H22ClFN4O2. The first-order chi connectivity index (χ1) is 11.2. The molecule has 1 fully saturated rings. The number of hydrogen-bond donors (Lipinski definition) is 1. The van der Waals surface area contributed by atoms with Crippen molar-refractivity contribution in [1.82, 2.24) is 9.47 Å². The van der Waals surface area contributed by atoms with Crippen LogP contribution in [0.2, 0.25) is 0 Å². The largest absolute Gasteiger partial charge is 0.444 e. The Labute approximate surface area is 145 Å². The molecule has 3 heterocycles. The summed E-state index contributed by atoms with van der Waals surface area (Å²) in [4.78, 5) is 17.8. The zero-order valence-electron chi connectivity index (χ0n) is 14.1. The number of nitrogens with one attached hydrogen (secondary N) is 1. The number of likely N-dealkylation sites (tertiary alicyclic amines) is 1. The molecular weight excluding hydrogens is 335 g/mol. The summed E-state index contributed by atoms with van der Waals surface area (Å²) in [5.74, 6) is 0.518. The van der Waals surface area contributed by atoms with E-state index in [2.05, 4.69) is 10.3 Å². The fourth-order valence-corrected chi connectivity index (χ4v) is 3.31. The molecule has 2 aliphatic rings. The Kier molecular flexibility index (Phi) is 4.46. The highest BCUT2D eigenvalue weighted by molar-refractivity contribution is 6.70. The van der Waals surface area contributed by atoms with E-state index in [1.807, 2.05) is 25.3 Å². The second-order valence-corrected chi connectivity index (χ2v) is 7.58. The van der Waals surface area contributed by atoms with Crippen molar-refractivity contribution >= 4 is 28.7 Å². The monoisotopic (exact) mass is 356 g/mol. The van der Waals surface area contributed by atoms with Gasteiger partial charge in [-0.2, -0.15) is 0 Å². The fraction of sp³-hybridized carbons (Fsp3) is 0.625. The van der Waals surface area contributed by atoms with Crippen molar-refractivity contribution in [1.29, 1.82) is 0 Å². The highest BCUT2D eigenvalue weighted by Crippen LogP contribution is 2.29. The normalized spacial score (nSPS) is 20.5. The first-order valence-corrected chi connectivity index (χ1v) is 8.43. The summed E-state index contributed by atoms with van der Waals surface area (Å²) in [5.41, 5.74) is -0.178. The summed E-state index contributed by atoms with van der Waals surface area (Å²) in [7, 11) is 0. The molecule has 8 heteroatoms. The van der Waals surface area contributed by atoms with Crippen LogP contribution in [-0.2, 0) is 11.3 Å². The predicted molar refractivity (Wildman–Crippen MR) is 91.2 cm³/mol. The van der Waals surface area contributed by atoms with Gasteiger partial charge in [0, 0.05) is 25.8 Å². The van der Waals surface area contributed by atoms with Crippen molar-refractivity contribution in [3.05, 3.63) is 17.6 Å². The van der Waals surface area contributed by atoms with E-state index in [9.17, 15) is 9.18 Å². The smallest absolute Gasteiger partial charge is 0.410 e. The number of fused-ring (bicyclic) bond motifs is 1. The SMILES string of the molecule is CC(C)(C)OC(=O)N1CCC(Cn2cc(F)c3c2NCN=C3Cl)C1. The number of hydrogen-bond acceptors (Lipinski definition) is 4. The Morgan fingerprint density at radius 1 is 1.54 bits per heavy atom. The van der Waals surface area contributed by atoms with Crippen molar-refractivity contribution in [2.24, 2.45) is 10.9 Å². The van der Waals surface area contributed by atoms with Gasteiger partial charge in [-0.05, 0) is 33.1 Å². The minimum atomic E-state index is -0.502. The van der Waals surface area contributed by atoms with Gasteiger partial charge >= 0.3 is 6.09 Å². The molecule has 1 aromatic rings. The number of ether oxygens (including phenoxy) is 1. The Bertz CT molecular complexity index is 680. The third-order valence-electron chi connectivity index (χ3n) is 4.10. The molecule has 0 aliphatic carbocycles. The van der Waals surface area contributed by atoms with Gasteiger partial charge in [-0.25, -0.2) is 9.18 Å². The highest BCUT2D eigenvalue weighted by Gasteiger charge is 2.31. The van der Waals surface area contributed by atoms with Crippen LogP contribution in [0.5, 0.6) is 0 Å². The number of anilines is 1. The topological polar surface area (TPSA) is 58.9 Å². The molecule has 2 aliphatic heterocycles. The number of aliphatic imine (C=N–C) groups is 1. The van der Waals surface area contributed by atoms with Gasteiger partial charge in [0.15, 0.2) is 5.82 Å². The summed E-state index contributed by atoms with van der Waals surface area (Å²) >= 11 is 6.00. The van der Waals surface area contributed by atoms with E-state index in [0.717, 1.165) is 6.42 Å². The Balaban J connectivity index is 1.66. The van der Waals surface area contributed by atoms with Crippen molar-refractivity contribution in [3.8, 4) is 0 Å². The van der Waals surface area contributed by atoms with E-state index in [1.165, 1.54) is 6.20 Å². The van der Waals surface area contributed by atoms with E-state index < -0.39 is 5.60 Å². The van der Waals surface area contributed by atoms with Gasteiger partial charge in [-0.15, -0.1) is 0 Å². The summed E-state index contributed by atoms with van der Waals surface area (Å²) in [5, 5.41) is 3.26. The van der Waals surface area contributed by atoms with Crippen LogP contribution in [0.25, 0.3) is 0 Å². The van der Waals surface area contributed by atoms with E-state index in [-0.39, 0.29) is 23.0 Å². The second kappa shape index (κ2) is 6.27. The van der Waals surface area contributed by atoms with Crippen molar-refractivity contribution in [2.45, 2.75) is 39.3 Å². The summed E-state index contributed by atoms with van der Waals surface area (Å²) in [6.07, 6.45) is 2.01. The van der Waals surface area contributed by atoms with E-state index >= 15 is 0 Å². The van der Waals surface area contributed by atoms with Crippen molar-refractivity contribution in [3.63, 3.8) is 0 Å². The second-order valence-electron chi connectivity index (χ2n) is 7.22. The van der Waals surface area contributed by atoms with Gasteiger partial charge in [0.1, 0.15) is 23.3 Å². The lowest BCUT2D eigenvalue weighted by Gasteiger charge is -2.24. The van der Waals surface area contributed by atoms with Gasteiger partial charge in [0.05, 0.1) is 5.56 Å². The molecule has 0 saturated carbocycles. The Morgan fingerprint density at radius 3 is 3.00 bits per heavy atom. The van der Waals surface area contributed by atoms with Crippen LogP contribution in [0.1, 0.15) is 32.8 Å². The number of rotatable bonds is 2. The molecule has 0 spiro atoms. The standard InChI is InChI=1S/C16H22ClFN4O2/c1-16(2,3)24-15(23)21-5-4-10(6-21)7-22-8-11(18)12-13(17)19-9-20-14(12)22/h8,10,20H,4-7,9H2,1-3H3. The van der Waals surface area contributed by atoms with Crippen molar-refractivity contribution in [2.75, 3.05) is 25.1 Å². The van der Waals surface area contributed by atoms with Crippen LogP contribution in [-0.4, -0.2) is 46.1 Å². The van der Waals surface area contributed by atoms with E-state index in [0.29, 0.717) is 37.7 Å². The zero-order valence-corrected chi connectivity index (χ0v) is 14.9. The highest BCUT2D eigenvalue weighted by atomic mass is 35.5. The lowest BCUT2D eigenvalue weighted by Crippen LogP contribution is -2.35. The fourth-order valence-electron chi connectivity index (χ4n) is 3.07. The molecule has 1 N–H and O–H groups in total. The number of amides is 1. The molecule has 1 amide bonds. The number of carbonyl (C=O) groups is 1. The molecule has 0 radical (unpaired) electrons. The quantitative estimate of drug-likeness (QED) is 0.884. The first kappa shape index (κ1) is 17.1. The summed E-state index contributed by atoms with van der Waals surface area (Å²) < 4.78 is 21.3. The summed E-state index contributed by atoms with van der Waals surface area (Å²) in [6, 6.07) is 0. The number of aromatic nitrogens is 1. The molecule has 1 unspecified atom stereocenters. The number of nitrogens with zero attached hydrogens (tertiary/aromatic N) is 3. The third-order valence-corrected chi connectivity index (χ3v) is 4.40. The van der Waals surface area contributed by atoms with Gasteiger partial charge in [-0.1, -0.05) is 11.6 Å². The van der Waals surface area contributed by atoms with Crippen molar-refractivity contribution < 1.29 is 13.9 Å². The maximum atomic E-state index is 14.1. The minimum Gasteiger partial charge on any atom is -0.444 e. The Morgan fingerprint density at radius 2 is 2.29 bits per heavy atom. The van der Waals surface area contributed by atoms with Gasteiger partial charge in [0.2, 0.25) is 0 Å². The molecule has 3 rings (SSSR count). The van der Waals surface area contributed by atoms with Crippen LogP contribution >= 0.6 is 11.6 Å². The van der Waals surface area contributed by atoms with Crippen LogP contribution in [0.3, 0.4) is 0 Å². The van der Waals surface area contributed by atoms with Gasteiger partial charge in [-0.3, -0.25) is 4.99 Å². The molecule has 1 aromatic heterocycles. The lowest BCUT2D eigenvalue weighted by molar-refractivity contribution is 0.0287.